The molecule has 1 amide bonds. The van der Waals surface area contributed by atoms with Gasteiger partial charge in [0.25, 0.3) is 0 Å². The molecule has 146 valence electrons. The minimum Gasteiger partial charge on any atom is -0.493 e. The number of nitrogens with zero attached hydrogens (tertiary/aromatic N) is 2. The Morgan fingerprint density at radius 1 is 1.32 bits per heavy atom. The summed E-state index contributed by atoms with van der Waals surface area (Å²) in [5, 5.41) is 6.21. The number of hydrogen-bond acceptors (Lipinski definition) is 4. The number of amides is 1. The zero-order chi connectivity index (χ0) is 19.7. The molecule has 3 heterocycles. The van der Waals surface area contributed by atoms with Crippen LogP contribution in [0.1, 0.15) is 22.0 Å². The number of fused-ring (bicyclic) bond motifs is 1. The van der Waals surface area contributed by atoms with E-state index in [2.05, 4.69) is 39.3 Å². The van der Waals surface area contributed by atoms with Crippen molar-refractivity contribution in [2.75, 3.05) is 13.2 Å². The van der Waals surface area contributed by atoms with E-state index in [9.17, 15) is 4.79 Å². The fourth-order valence-corrected chi connectivity index (χ4v) is 4.38. The minimum absolute atomic E-state index is 0.0293. The number of para-hydroxylation sites is 1. The molecule has 1 aromatic carbocycles. The van der Waals surface area contributed by atoms with Gasteiger partial charge in [0.1, 0.15) is 12.3 Å². The molecule has 0 bridgehead atoms. The highest BCUT2D eigenvalue weighted by Gasteiger charge is 2.20. The molecule has 1 N–H and O–H groups in total. The van der Waals surface area contributed by atoms with Gasteiger partial charge in [0.2, 0.25) is 5.91 Å². The SMILES string of the molecule is Cc1nc(-c2cc(C)n(CC(=O)NC[C@H]3COc4ccccc4C3)c2C)cs1. The topological polar surface area (TPSA) is 56.2 Å². The van der Waals surface area contributed by atoms with Crippen LogP contribution in [-0.4, -0.2) is 28.6 Å². The Balaban J connectivity index is 1.37. The third-order valence-corrected chi connectivity index (χ3v) is 6.09. The Hall–Kier alpha value is -2.60. The lowest BCUT2D eigenvalue weighted by Crippen LogP contribution is -2.36. The average Bonchev–Trinajstić information content (AvgIpc) is 3.24. The van der Waals surface area contributed by atoms with E-state index in [1.54, 1.807) is 11.3 Å². The highest BCUT2D eigenvalue weighted by atomic mass is 32.1. The predicted octanol–water partition coefficient (Wildman–Crippen LogP) is 3.90. The molecule has 3 aromatic rings. The summed E-state index contributed by atoms with van der Waals surface area (Å²) < 4.78 is 7.88. The van der Waals surface area contributed by atoms with Crippen molar-refractivity contribution in [3.8, 4) is 17.0 Å². The van der Waals surface area contributed by atoms with E-state index >= 15 is 0 Å². The normalized spacial score (nSPS) is 15.8. The summed E-state index contributed by atoms with van der Waals surface area (Å²) >= 11 is 1.64. The molecule has 1 atom stereocenters. The van der Waals surface area contributed by atoms with Gasteiger partial charge in [-0.1, -0.05) is 18.2 Å². The number of benzene rings is 1. The van der Waals surface area contributed by atoms with E-state index in [-0.39, 0.29) is 5.91 Å². The van der Waals surface area contributed by atoms with Gasteiger partial charge in [-0.15, -0.1) is 11.3 Å². The Morgan fingerprint density at radius 2 is 2.14 bits per heavy atom. The van der Waals surface area contributed by atoms with Crippen LogP contribution in [0.3, 0.4) is 0 Å². The summed E-state index contributed by atoms with van der Waals surface area (Å²) in [6.45, 7) is 7.70. The number of carbonyl (C=O) groups is 1. The van der Waals surface area contributed by atoms with E-state index in [0.29, 0.717) is 25.6 Å². The Kier molecular flexibility index (Phi) is 5.22. The molecule has 0 fully saturated rings. The smallest absolute Gasteiger partial charge is 0.239 e. The molecular formula is C22H25N3O2S. The number of rotatable bonds is 5. The second-order valence-electron chi connectivity index (χ2n) is 7.42. The molecular weight excluding hydrogens is 370 g/mol. The van der Waals surface area contributed by atoms with E-state index in [4.69, 9.17) is 4.74 Å². The Labute approximate surface area is 169 Å². The first-order chi connectivity index (χ1) is 13.5. The number of aromatic nitrogens is 2. The highest BCUT2D eigenvalue weighted by Crippen LogP contribution is 2.28. The largest absolute Gasteiger partial charge is 0.493 e. The van der Waals surface area contributed by atoms with Crippen molar-refractivity contribution >= 4 is 17.2 Å². The van der Waals surface area contributed by atoms with Gasteiger partial charge in [-0.05, 0) is 44.9 Å². The van der Waals surface area contributed by atoms with Crippen LogP contribution < -0.4 is 10.1 Å². The number of ether oxygens (including phenoxy) is 1. The first-order valence-corrected chi connectivity index (χ1v) is 10.5. The molecule has 0 aliphatic carbocycles. The number of carbonyl (C=O) groups excluding carboxylic acids is 1. The van der Waals surface area contributed by atoms with Crippen LogP contribution in [0.25, 0.3) is 11.3 Å². The maximum Gasteiger partial charge on any atom is 0.239 e. The summed E-state index contributed by atoms with van der Waals surface area (Å²) in [7, 11) is 0. The van der Waals surface area contributed by atoms with Crippen molar-refractivity contribution in [1.82, 2.24) is 14.9 Å². The van der Waals surface area contributed by atoms with Crippen LogP contribution >= 0.6 is 11.3 Å². The molecule has 0 unspecified atom stereocenters. The van der Waals surface area contributed by atoms with Gasteiger partial charge in [0, 0.05) is 34.8 Å². The lowest BCUT2D eigenvalue weighted by Gasteiger charge is -2.25. The molecule has 0 saturated heterocycles. The third-order valence-electron chi connectivity index (χ3n) is 5.31. The fraction of sp³-hybridized carbons (Fsp3) is 0.364. The second-order valence-corrected chi connectivity index (χ2v) is 8.48. The highest BCUT2D eigenvalue weighted by molar-refractivity contribution is 7.09. The van der Waals surface area contributed by atoms with E-state index in [0.717, 1.165) is 39.8 Å². The second kappa shape index (κ2) is 7.80. The summed E-state index contributed by atoms with van der Waals surface area (Å²) in [5.41, 5.74) is 5.46. The number of nitrogens with one attached hydrogen (secondary N) is 1. The predicted molar refractivity (Wildman–Crippen MR) is 112 cm³/mol. The maximum absolute atomic E-state index is 12.6. The zero-order valence-electron chi connectivity index (χ0n) is 16.5. The van der Waals surface area contributed by atoms with Gasteiger partial charge < -0.3 is 14.6 Å². The summed E-state index contributed by atoms with van der Waals surface area (Å²) in [4.78, 5) is 17.2. The van der Waals surface area contributed by atoms with Crippen LogP contribution in [0.15, 0.2) is 35.7 Å². The van der Waals surface area contributed by atoms with Gasteiger partial charge >= 0.3 is 0 Å². The Bertz CT molecular complexity index is 1010. The summed E-state index contributed by atoms with van der Waals surface area (Å²) in [5.74, 6) is 1.30. The quantitative estimate of drug-likeness (QED) is 0.713. The van der Waals surface area contributed by atoms with Crippen LogP contribution in [0, 0.1) is 26.7 Å². The number of hydrogen-bond donors (Lipinski definition) is 1. The van der Waals surface area contributed by atoms with Gasteiger partial charge in [-0.2, -0.15) is 0 Å². The molecule has 6 heteroatoms. The van der Waals surface area contributed by atoms with Crippen molar-refractivity contribution in [2.24, 2.45) is 5.92 Å². The summed E-state index contributed by atoms with van der Waals surface area (Å²) in [6, 6.07) is 10.2. The molecule has 0 saturated carbocycles. The first kappa shape index (κ1) is 18.7. The maximum atomic E-state index is 12.6. The van der Waals surface area contributed by atoms with E-state index in [1.807, 2.05) is 32.0 Å². The van der Waals surface area contributed by atoms with Crippen molar-refractivity contribution in [1.29, 1.82) is 0 Å². The van der Waals surface area contributed by atoms with Crippen molar-refractivity contribution in [2.45, 2.75) is 33.7 Å². The standard InChI is InChI=1S/C22H25N3O2S/c1-14-8-19(20-13-28-16(3)24-20)15(2)25(14)11-22(26)23-10-17-9-18-6-4-5-7-21(18)27-12-17/h4-8,13,17H,9-12H2,1-3H3,(H,23,26)/t17-/m0/s1. The molecule has 4 rings (SSSR count). The molecule has 1 aliphatic rings. The molecule has 28 heavy (non-hydrogen) atoms. The lowest BCUT2D eigenvalue weighted by atomic mass is 9.97. The van der Waals surface area contributed by atoms with Gasteiger partial charge in [0.05, 0.1) is 17.3 Å². The van der Waals surface area contributed by atoms with Gasteiger partial charge in [0.15, 0.2) is 0 Å². The molecule has 2 aromatic heterocycles. The van der Waals surface area contributed by atoms with Crippen LogP contribution in [0.2, 0.25) is 0 Å². The van der Waals surface area contributed by atoms with Gasteiger partial charge in [-0.3, -0.25) is 4.79 Å². The van der Waals surface area contributed by atoms with Crippen molar-refractivity contribution in [3.05, 3.63) is 57.7 Å². The number of aryl methyl sites for hydroxylation is 2. The molecule has 0 radical (unpaired) electrons. The summed E-state index contributed by atoms with van der Waals surface area (Å²) in [6.07, 6.45) is 0.936. The zero-order valence-corrected chi connectivity index (χ0v) is 17.3. The van der Waals surface area contributed by atoms with Crippen LogP contribution in [0.5, 0.6) is 5.75 Å². The molecule has 0 spiro atoms. The van der Waals surface area contributed by atoms with E-state index in [1.165, 1.54) is 5.56 Å². The average molecular weight is 396 g/mol. The van der Waals surface area contributed by atoms with E-state index < -0.39 is 0 Å². The molecule has 5 nitrogen and oxygen atoms in total. The molecule has 1 aliphatic heterocycles. The third kappa shape index (κ3) is 3.83. The van der Waals surface area contributed by atoms with Crippen molar-refractivity contribution in [3.63, 3.8) is 0 Å². The first-order valence-electron chi connectivity index (χ1n) is 9.58. The fourth-order valence-electron chi connectivity index (χ4n) is 3.77. The van der Waals surface area contributed by atoms with Crippen LogP contribution in [-0.2, 0) is 17.8 Å². The lowest BCUT2D eigenvalue weighted by molar-refractivity contribution is -0.121. The Morgan fingerprint density at radius 3 is 2.93 bits per heavy atom. The monoisotopic (exact) mass is 395 g/mol. The van der Waals surface area contributed by atoms with Gasteiger partial charge in [-0.25, -0.2) is 4.98 Å². The minimum atomic E-state index is 0.0293. The number of thiazole rings is 1. The van der Waals surface area contributed by atoms with Crippen LogP contribution in [0.4, 0.5) is 0 Å². The van der Waals surface area contributed by atoms with Crippen molar-refractivity contribution < 1.29 is 9.53 Å².